The molecule has 1 heterocycles. The van der Waals surface area contributed by atoms with Gasteiger partial charge in [-0.25, -0.2) is 0 Å². The van der Waals surface area contributed by atoms with Gasteiger partial charge in [0.05, 0.1) is 5.56 Å². The van der Waals surface area contributed by atoms with Crippen LogP contribution in [-0.2, 0) is 6.18 Å². The van der Waals surface area contributed by atoms with Gasteiger partial charge in [0.15, 0.2) is 0 Å². The Balaban J connectivity index is 3.27. The van der Waals surface area contributed by atoms with E-state index in [1.54, 1.807) is 0 Å². The average Bonchev–Trinajstić information content (AvgIpc) is 2.38. The van der Waals surface area contributed by atoms with Crippen LogP contribution < -0.4 is 5.32 Å². The Morgan fingerprint density at radius 1 is 1.25 bits per heavy atom. The summed E-state index contributed by atoms with van der Waals surface area (Å²) in [5.74, 6) is 0. The van der Waals surface area contributed by atoms with Crippen LogP contribution in [0.15, 0.2) is 18.5 Å². The van der Waals surface area contributed by atoms with Gasteiger partial charge in [0.2, 0.25) is 0 Å². The smallest absolute Gasteiger partial charge is 0.309 e. The maximum atomic E-state index is 13.2. The molecule has 20 heavy (non-hydrogen) atoms. The minimum Gasteiger partial charge on any atom is -0.309 e. The number of rotatable bonds is 6. The molecule has 0 radical (unpaired) electrons. The van der Waals surface area contributed by atoms with Gasteiger partial charge >= 0.3 is 6.18 Å². The Morgan fingerprint density at radius 2 is 1.90 bits per heavy atom. The second-order valence-electron chi connectivity index (χ2n) is 5.69. The minimum atomic E-state index is -4.35. The lowest BCUT2D eigenvalue weighted by atomic mass is 9.77. The highest BCUT2D eigenvalue weighted by Gasteiger charge is 2.38. The van der Waals surface area contributed by atoms with E-state index in [1.807, 2.05) is 27.7 Å². The Hall–Kier alpha value is -1.10. The van der Waals surface area contributed by atoms with Gasteiger partial charge in [-0.3, -0.25) is 4.98 Å². The number of aromatic nitrogens is 1. The van der Waals surface area contributed by atoms with Crippen LogP contribution in [0.1, 0.15) is 57.7 Å². The van der Waals surface area contributed by atoms with Gasteiger partial charge in [0.25, 0.3) is 0 Å². The van der Waals surface area contributed by atoms with E-state index in [0.29, 0.717) is 6.54 Å². The van der Waals surface area contributed by atoms with Gasteiger partial charge < -0.3 is 5.32 Å². The number of halogens is 3. The molecule has 0 fully saturated rings. The summed E-state index contributed by atoms with van der Waals surface area (Å²) in [5.41, 5.74) is -0.638. The van der Waals surface area contributed by atoms with Gasteiger partial charge in [0.1, 0.15) is 0 Å². The van der Waals surface area contributed by atoms with Crippen LogP contribution in [0.25, 0.3) is 0 Å². The maximum Gasteiger partial charge on any atom is 0.416 e. The summed E-state index contributed by atoms with van der Waals surface area (Å²) < 4.78 is 39.5. The normalized spacial score (nSPS) is 14.3. The average molecular weight is 288 g/mol. The van der Waals surface area contributed by atoms with Crippen molar-refractivity contribution < 1.29 is 13.2 Å². The molecule has 1 unspecified atom stereocenters. The van der Waals surface area contributed by atoms with Crippen LogP contribution in [0.5, 0.6) is 0 Å². The summed E-state index contributed by atoms with van der Waals surface area (Å²) in [7, 11) is 0. The molecule has 0 amide bonds. The number of nitrogens with zero attached hydrogens (tertiary/aromatic N) is 1. The molecule has 0 spiro atoms. The third-order valence-electron chi connectivity index (χ3n) is 3.76. The number of pyridine rings is 1. The predicted molar refractivity (Wildman–Crippen MR) is 74.3 cm³/mol. The summed E-state index contributed by atoms with van der Waals surface area (Å²) in [6.07, 6.45) is -0.164. The van der Waals surface area contributed by atoms with E-state index in [2.05, 4.69) is 10.3 Å². The third-order valence-corrected chi connectivity index (χ3v) is 3.76. The first-order valence-electron chi connectivity index (χ1n) is 6.98. The SMILES string of the molecule is CCCNC(c1cnccc1C(F)(F)F)C(C)(C)CC. The van der Waals surface area contributed by atoms with E-state index < -0.39 is 11.7 Å². The summed E-state index contributed by atoms with van der Waals surface area (Å²) in [5, 5.41) is 3.25. The maximum absolute atomic E-state index is 13.2. The predicted octanol–water partition coefficient (Wildman–Crippen LogP) is 4.58. The standard InChI is InChI=1S/C15H23F3N2/c1-5-8-20-13(14(3,4)6-2)11-10-19-9-7-12(11)15(16,17)18/h7,9-10,13,20H,5-6,8H2,1-4H3. The van der Waals surface area contributed by atoms with Gasteiger partial charge in [-0.15, -0.1) is 0 Å². The zero-order valence-corrected chi connectivity index (χ0v) is 12.5. The van der Waals surface area contributed by atoms with E-state index in [4.69, 9.17) is 0 Å². The highest BCUT2D eigenvalue weighted by molar-refractivity contribution is 5.30. The van der Waals surface area contributed by atoms with Crippen molar-refractivity contribution in [1.82, 2.24) is 10.3 Å². The fourth-order valence-electron chi connectivity index (χ4n) is 2.19. The Bertz CT molecular complexity index is 427. The highest BCUT2D eigenvalue weighted by Crippen LogP contribution is 2.41. The number of alkyl halides is 3. The molecule has 1 atom stereocenters. The first-order chi connectivity index (χ1) is 9.24. The van der Waals surface area contributed by atoms with Crippen LogP contribution in [0.2, 0.25) is 0 Å². The Labute approximate surface area is 118 Å². The van der Waals surface area contributed by atoms with Crippen molar-refractivity contribution in [3.63, 3.8) is 0 Å². The zero-order valence-electron chi connectivity index (χ0n) is 12.5. The lowest BCUT2D eigenvalue weighted by Crippen LogP contribution is -2.36. The molecule has 2 nitrogen and oxygen atoms in total. The summed E-state index contributed by atoms with van der Waals surface area (Å²) >= 11 is 0. The number of nitrogens with one attached hydrogen (secondary N) is 1. The molecule has 114 valence electrons. The van der Waals surface area contributed by atoms with Crippen LogP contribution in [-0.4, -0.2) is 11.5 Å². The van der Waals surface area contributed by atoms with E-state index in [-0.39, 0.29) is 17.0 Å². The topological polar surface area (TPSA) is 24.9 Å². The lowest BCUT2D eigenvalue weighted by Gasteiger charge is -2.36. The van der Waals surface area contributed by atoms with Crippen molar-refractivity contribution in [2.75, 3.05) is 6.54 Å². The zero-order chi connectivity index (χ0) is 15.4. The van der Waals surface area contributed by atoms with Crippen molar-refractivity contribution in [3.8, 4) is 0 Å². The van der Waals surface area contributed by atoms with E-state index in [9.17, 15) is 13.2 Å². The minimum absolute atomic E-state index is 0.236. The summed E-state index contributed by atoms with van der Waals surface area (Å²) in [4.78, 5) is 3.90. The van der Waals surface area contributed by atoms with Crippen LogP contribution >= 0.6 is 0 Å². The van der Waals surface area contributed by atoms with Crippen molar-refractivity contribution in [3.05, 3.63) is 29.6 Å². The molecule has 0 saturated heterocycles. The quantitative estimate of drug-likeness (QED) is 0.829. The molecular weight excluding hydrogens is 265 g/mol. The van der Waals surface area contributed by atoms with Crippen molar-refractivity contribution in [2.45, 2.75) is 52.8 Å². The third kappa shape index (κ3) is 3.95. The fourth-order valence-corrected chi connectivity index (χ4v) is 2.19. The van der Waals surface area contributed by atoms with Crippen LogP contribution in [0.3, 0.4) is 0 Å². The fraction of sp³-hybridized carbons (Fsp3) is 0.667. The molecule has 0 saturated carbocycles. The van der Waals surface area contributed by atoms with E-state index in [1.165, 1.54) is 12.4 Å². The number of hydrogen-bond acceptors (Lipinski definition) is 2. The van der Waals surface area contributed by atoms with Gasteiger partial charge in [-0.05, 0) is 30.9 Å². The molecule has 0 aliphatic rings. The number of hydrogen-bond donors (Lipinski definition) is 1. The molecule has 1 aromatic heterocycles. The van der Waals surface area contributed by atoms with Gasteiger partial charge in [-0.2, -0.15) is 13.2 Å². The Kier molecular flexibility index (Phi) is 5.57. The molecule has 0 aliphatic heterocycles. The molecule has 1 aromatic rings. The van der Waals surface area contributed by atoms with E-state index >= 15 is 0 Å². The van der Waals surface area contributed by atoms with Gasteiger partial charge in [0, 0.05) is 24.0 Å². The second kappa shape index (κ2) is 6.57. The first-order valence-corrected chi connectivity index (χ1v) is 6.98. The monoisotopic (exact) mass is 288 g/mol. The first kappa shape index (κ1) is 17.0. The molecule has 0 aliphatic carbocycles. The lowest BCUT2D eigenvalue weighted by molar-refractivity contribution is -0.138. The Morgan fingerprint density at radius 3 is 2.40 bits per heavy atom. The van der Waals surface area contributed by atoms with Crippen molar-refractivity contribution in [2.24, 2.45) is 5.41 Å². The van der Waals surface area contributed by atoms with Crippen molar-refractivity contribution >= 4 is 0 Å². The van der Waals surface area contributed by atoms with Crippen LogP contribution in [0, 0.1) is 5.41 Å². The molecule has 0 bridgehead atoms. The highest BCUT2D eigenvalue weighted by atomic mass is 19.4. The van der Waals surface area contributed by atoms with Crippen molar-refractivity contribution in [1.29, 1.82) is 0 Å². The molecule has 5 heteroatoms. The summed E-state index contributed by atoms with van der Waals surface area (Å²) in [6, 6.07) is 0.694. The summed E-state index contributed by atoms with van der Waals surface area (Å²) in [6.45, 7) is 8.63. The second-order valence-corrected chi connectivity index (χ2v) is 5.69. The van der Waals surface area contributed by atoms with E-state index in [0.717, 1.165) is 18.9 Å². The van der Waals surface area contributed by atoms with Gasteiger partial charge in [-0.1, -0.05) is 27.7 Å². The largest absolute Gasteiger partial charge is 0.416 e. The molecule has 0 aromatic carbocycles. The molecule has 1 rings (SSSR count). The molecule has 1 N–H and O–H groups in total. The van der Waals surface area contributed by atoms with Crippen LogP contribution in [0.4, 0.5) is 13.2 Å². The molecular formula is C15H23F3N2.